The van der Waals surface area contributed by atoms with E-state index in [1.54, 1.807) is 13.8 Å². The largest absolute Gasteiger partial charge is 0.458 e. The zero-order valence-corrected chi connectivity index (χ0v) is 38.6. The fourth-order valence-corrected chi connectivity index (χ4v) is 7.01. The molecule has 364 valence electrons. The topological polar surface area (TPSA) is 345 Å². The van der Waals surface area contributed by atoms with Crippen molar-refractivity contribution in [2.24, 2.45) is 35.0 Å². The summed E-state index contributed by atoms with van der Waals surface area (Å²) in [6.07, 6.45) is -1.20. The number of nitrogens with one attached hydrogen (secondary N) is 7. The van der Waals surface area contributed by atoms with Crippen LogP contribution >= 0.6 is 0 Å². The number of rotatable bonds is 23. The predicted molar refractivity (Wildman–Crippen MR) is 239 cm³/mol. The molecule has 21 heteroatoms. The molecule has 0 spiro atoms. The van der Waals surface area contributed by atoms with Gasteiger partial charge in [-0.3, -0.25) is 38.4 Å². The molecule has 1 aromatic rings. The molecule has 1 fully saturated rings. The quantitative estimate of drug-likeness (QED) is 0.0420. The number of esters is 1. The molecule has 21 nitrogen and oxygen atoms in total. The molecule has 1 saturated heterocycles. The lowest BCUT2D eigenvalue weighted by molar-refractivity contribution is -0.158. The average molecular weight is 917 g/mol. The van der Waals surface area contributed by atoms with Crippen LogP contribution in [0.3, 0.4) is 0 Å². The maximum atomic E-state index is 14.0. The number of carbonyl (C=O) groups is 9. The molecule has 0 saturated carbocycles. The third kappa shape index (κ3) is 19.5. The molecule has 8 amide bonds. The van der Waals surface area contributed by atoms with Gasteiger partial charge in [0.05, 0.1) is 19.1 Å². The number of aliphatic hydroxyl groups excluding tert-OH is 1. The molecule has 0 unspecified atom stereocenters. The van der Waals surface area contributed by atoms with Crippen molar-refractivity contribution < 1.29 is 53.0 Å². The first-order valence-corrected chi connectivity index (χ1v) is 22.3. The lowest BCUT2D eigenvalue weighted by Crippen LogP contribution is -2.62. The summed E-state index contributed by atoms with van der Waals surface area (Å²) in [5, 5.41) is 28.1. The molecule has 9 atom stereocenters. The van der Waals surface area contributed by atoms with Crippen molar-refractivity contribution in [1.82, 2.24) is 37.2 Å². The van der Waals surface area contributed by atoms with Gasteiger partial charge in [0.2, 0.25) is 47.3 Å². The van der Waals surface area contributed by atoms with Gasteiger partial charge < -0.3 is 64.3 Å². The van der Waals surface area contributed by atoms with Crippen molar-refractivity contribution in [2.45, 2.75) is 154 Å². The van der Waals surface area contributed by atoms with E-state index in [1.807, 2.05) is 58.0 Å². The van der Waals surface area contributed by atoms with Gasteiger partial charge in [-0.25, -0.2) is 4.79 Å². The zero-order valence-electron chi connectivity index (χ0n) is 38.6. The molecule has 1 aliphatic heterocycles. The minimum Gasteiger partial charge on any atom is -0.458 e. The van der Waals surface area contributed by atoms with Crippen molar-refractivity contribution in [3.8, 4) is 0 Å². The summed E-state index contributed by atoms with van der Waals surface area (Å²) in [6, 6.07) is -1.86. The maximum Gasteiger partial charge on any atom is 0.329 e. The van der Waals surface area contributed by atoms with Gasteiger partial charge in [0.15, 0.2) is 0 Å². The van der Waals surface area contributed by atoms with Gasteiger partial charge in [-0.1, -0.05) is 71.9 Å². The molecular weight excluding hydrogens is 845 g/mol. The molecule has 1 heterocycles. The van der Waals surface area contributed by atoms with Crippen molar-refractivity contribution in [3.63, 3.8) is 0 Å². The van der Waals surface area contributed by atoms with E-state index in [0.717, 1.165) is 5.56 Å². The van der Waals surface area contributed by atoms with Crippen LogP contribution in [0.15, 0.2) is 30.3 Å². The van der Waals surface area contributed by atoms with Crippen LogP contribution in [-0.2, 0) is 54.3 Å². The molecule has 0 radical (unpaired) electrons. The first kappa shape index (κ1) is 55.5. The van der Waals surface area contributed by atoms with Crippen LogP contribution in [-0.4, -0.2) is 126 Å². The number of benzene rings is 1. The number of hydrogen-bond donors (Lipinski definition) is 11. The van der Waals surface area contributed by atoms with Gasteiger partial charge in [0.1, 0.15) is 48.4 Å². The lowest BCUT2D eigenvalue weighted by atomic mass is 10.00. The normalized spacial score (nSPS) is 21.5. The van der Waals surface area contributed by atoms with E-state index in [2.05, 4.69) is 37.2 Å². The summed E-state index contributed by atoms with van der Waals surface area (Å²) < 4.78 is 5.67. The summed E-state index contributed by atoms with van der Waals surface area (Å²) in [4.78, 5) is 122. The Morgan fingerprint density at radius 1 is 0.723 bits per heavy atom. The third-order valence-electron chi connectivity index (χ3n) is 10.4. The molecule has 14 N–H and O–H groups in total. The monoisotopic (exact) mass is 917 g/mol. The lowest BCUT2D eigenvalue weighted by Gasteiger charge is -2.30. The maximum absolute atomic E-state index is 14.0. The van der Waals surface area contributed by atoms with Crippen molar-refractivity contribution in [1.29, 1.82) is 0 Å². The van der Waals surface area contributed by atoms with Crippen LogP contribution in [0.2, 0.25) is 0 Å². The number of cyclic esters (lactones) is 1. The average Bonchev–Trinajstić information content (AvgIpc) is 3.22. The Hall–Kier alpha value is -5.67. The van der Waals surface area contributed by atoms with Crippen LogP contribution in [0.25, 0.3) is 0 Å². The fraction of sp³-hybridized carbons (Fsp3) is 0.659. The van der Waals surface area contributed by atoms with E-state index in [-0.39, 0.29) is 56.4 Å². The highest BCUT2D eigenvalue weighted by Gasteiger charge is 2.40. The molecule has 1 aromatic carbocycles. The Morgan fingerprint density at radius 2 is 1.29 bits per heavy atom. The van der Waals surface area contributed by atoms with E-state index in [9.17, 15) is 48.3 Å². The SMILES string of the molecule is CC(C)C[C@@H]1NC(=O)[C@H](C)NC(=O)[C@H](NC(=O)[C@H](CO)NC(=O)[C@@H](CCCCN)NC(=O)[C@@H](CC(C)C)NC(=O)[C@@H](N)Cc2ccccc2)[C@H](CC(N)=O)OC(=O)[C@H](CC(C)C)NC1=O. The smallest absolute Gasteiger partial charge is 0.329 e. The Labute approximate surface area is 381 Å². The second kappa shape index (κ2) is 27.6. The van der Waals surface area contributed by atoms with Gasteiger partial charge in [0, 0.05) is 0 Å². The van der Waals surface area contributed by atoms with Crippen LogP contribution in [0.5, 0.6) is 0 Å². The van der Waals surface area contributed by atoms with E-state index < -0.39 is 121 Å². The number of amides is 8. The molecule has 2 rings (SSSR count). The highest BCUT2D eigenvalue weighted by molar-refractivity contribution is 5.98. The molecule has 65 heavy (non-hydrogen) atoms. The Bertz CT molecular complexity index is 1780. The molecular formula is C44H72N10O11. The molecule has 0 aromatic heterocycles. The number of ether oxygens (including phenoxy) is 1. The predicted octanol–water partition coefficient (Wildman–Crippen LogP) is -1.97. The summed E-state index contributed by atoms with van der Waals surface area (Å²) >= 11 is 0. The van der Waals surface area contributed by atoms with Crippen LogP contribution < -0.4 is 54.4 Å². The van der Waals surface area contributed by atoms with Crippen LogP contribution in [0.1, 0.15) is 99.0 Å². The van der Waals surface area contributed by atoms with E-state index in [0.29, 0.717) is 12.8 Å². The highest BCUT2D eigenvalue weighted by Crippen LogP contribution is 2.16. The summed E-state index contributed by atoms with van der Waals surface area (Å²) in [6.45, 7) is 11.4. The third-order valence-corrected chi connectivity index (χ3v) is 10.4. The molecule has 0 bridgehead atoms. The van der Waals surface area contributed by atoms with Gasteiger partial charge >= 0.3 is 5.97 Å². The standard InChI is InChI=1S/C44H72N10O11/c1-23(2)17-30-41(61)52-32(19-25(5)6)44(64)65-34(21-35(47)56)36(43(63)48-26(7)37(57)50-30)54-42(62)33(22-55)53-39(59)29(15-11-12-16-45)49-40(60)31(18-24(3)4)51-38(58)28(46)20-27-13-9-8-10-14-27/h8-10,13-14,23-26,28-34,36,55H,11-12,15-22,45-46H2,1-7H3,(H2,47,56)(H,48,63)(H,49,60)(H,50,57)(H,51,58)(H,52,61)(H,53,59)(H,54,62)/t26-,28-,29+,30-,31+,32-,33-,34-,36+/m0/s1. The van der Waals surface area contributed by atoms with E-state index >= 15 is 0 Å². The summed E-state index contributed by atoms with van der Waals surface area (Å²) in [5.74, 6) is -8.48. The zero-order chi connectivity index (χ0) is 49.0. The number of primary amides is 1. The summed E-state index contributed by atoms with van der Waals surface area (Å²) in [5.41, 5.74) is 18.2. The second-order valence-electron chi connectivity index (χ2n) is 17.8. The number of unbranched alkanes of at least 4 members (excludes halogenated alkanes) is 1. The van der Waals surface area contributed by atoms with Gasteiger partial charge in [-0.05, 0) is 81.7 Å². The first-order chi connectivity index (χ1) is 30.6. The van der Waals surface area contributed by atoms with Crippen molar-refractivity contribution >= 4 is 53.2 Å². The van der Waals surface area contributed by atoms with Gasteiger partial charge in [-0.15, -0.1) is 0 Å². The molecule has 0 aliphatic carbocycles. The van der Waals surface area contributed by atoms with Gasteiger partial charge in [0.25, 0.3) is 0 Å². The van der Waals surface area contributed by atoms with Crippen molar-refractivity contribution in [2.75, 3.05) is 13.2 Å². The van der Waals surface area contributed by atoms with E-state index in [1.165, 1.54) is 6.92 Å². The Kier molecular flexibility index (Phi) is 23.6. The molecule has 1 aliphatic rings. The minimum absolute atomic E-state index is 0.0259. The summed E-state index contributed by atoms with van der Waals surface area (Å²) in [7, 11) is 0. The van der Waals surface area contributed by atoms with Gasteiger partial charge in [-0.2, -0.15) is 0 Å². The number of carbonyl (C=O) groups excluding carboxylic acids is 9. The van der Waals surface area contributed by atoms with Crippen LogP contribution in [0.4, 0.5) is 0 Å². The van der Waals surface area contributed by atoms with E-state index in [4.69, 9.17) is 21.9 Å². The van der Waals surface area contributed by atoms with Crippen LogP contribution in [0, 0.1) is 17.8 Å². The van der Waals surface area contributed by atoms with Crippen molar-refractivity contribution in [3.05, 3.63) is 35.9 Å². The number of hydrogen-bond acceptors (Lipinski definition) is 13. The minimum atomic E-state index is -1.95. The number of nitrogens with two attached hydrogens (primary N) is 3. The second-order valence-corrected chi connectivity index (χ2v) is 17.8. The first-order valence-electron chi connectivity index (χ1n) is 22.3. The Balaban J connectivity index is 2.45. The highest BCUT2D eigenvalue weighted by atomic mass is 16.5. The fourth-order valence-electron chi connectivity index (χ4n) is 7.01. The Morgan fingerprint density at radius 3 is 1.86 bits per heavy atom. The number of aliphatic hydroxyl groups is 1.